The predicted octanol–water partition coefficient (Wildman–Crippen LogP) is 2.56. The molecule has 0 aliphatic heterocycles. The normalized spacial score (nSPS) is 20.2. The van der Waals surface area contributed by atoms with Crippen molar-refractivity contribution in [2.45, 2.75) is 32.1 Å². The van der Waals surface area contributed by atoms with Gasteiger partial charge in [0.25, 0.3) is 0 Å². The average Bonchev–Trinajstić information content (AvgIpc) is 2.51. The Bertz CT molecular complexity index is 341. The maximum atomic E-state index is 10.6. The molecule has 1 aromatic rings. The van der Waals surface area contributed by atoms with E-state index in [2.05, 4.69) is 13.0 Å². The van der Waals surface area contributed by atoms with Crippen molar-refractivity contribution in [2.24, 2.45) is 0 Å². The van der Waals surface area contributed by atoms with E-state index in [0.717, 1.165) is 12.8 Å². The van der Waals surface area contributed by atoms with Gasteiger partial charge in [-0.15, -0.1) is 11.3 Å². The Balaban J connectivity index is 2.22. The van der Waals surface area contributed by atoms with E-state index in [0.29, 0.717) is 6.42 Å². The van der Waals surface area contributed by atoms with Gasteiger partial charge in [-0.2, -0.15) is 0 Å². The summed E-state index contributed by atoms with van der Waals surface area (Å²) in [6, 6.07) is 2.20. The van der Waals surface area contributed by atoms with Gasteiger partial charge in [0.1, 0.15) is 0 Å². The lowest BCUT2D eigenvalue weighted by Gasteiger charge is -2.04. The second-order valence-corrected chi connectivity index (χ2v) is 4.87. The number of fused-ring (bicyclic) bond motifs is 1. The molecule has 1 heterocycles. The summed E-state index contributed by atoms with van der Waals surface area (Å²) in [6.45, 7) is 2.08. The van der Waals surface area contributed by atoms with Gasteiger partial charge in [0.05, 0.1) is 6.42 Å². The molecule has 1 aromatic heterocycles. The van der Waals surface area contributed by atoms with Crippen molar-refractivity contribution in [1.29, 1.82) is 0 Å². The summed E-state index contributed by atoms with van der Waals surface area (Å²) >= 11 is 1.76. The summed E-state index contributed by atoms with van der Waals surface area (Å²) in [5.41, 5.74) is 1.38. The molecule has 0 fully saturated rings. The van der Waals surface area contributed by atoms with Gasteiger partial charge in [0.2, 0.25) is 0 Å². The number of aliphatic carboxylic acids is 1. The molecule has 1 atom stereocenters. The lowest BCUT2D eigenvalue weighted by atomic mass is 10.1. The molecular weight excluding hydrogens is 184 g/mol. The van der Waals surface area contributed by atoms with Crippen LogP contribution in [-0.2, 0) is 11.2 Å². The number of thiophene rings is 1. The van der Waals surface area contributed by atoms with Crippen molar-refractivity contribution in [3.8, 4) is 0 Å². The number of carboxylic acid groups (broad SMARTS) is 1. The lowest BCUT2D eigenvalue weighted by molar-refractivity contribution is -0.137. The Morgan fingerprint density at radius 3 is 3.23 bits per heavy atom. The van der Waals surface area contributed by atoms with Crippen molar-refractivity contribution >= 4 is 17.3 Å². The molecule has 13 heavy (non-hydrogen) atoms. The van der Waals surface area contributed by atoms with E-state index in [1.807, 2.05) is 0 Å². The van der Waals surface area contributed by atoms with Crippen LogP contribution in [0, 0.1) is 6.92 Å². The molecule has 1 unspecified atom stereocenters. The zero-order valence-corrected chi connectivity index (χ0v) is 8.36. The van der Waals surface area contributed by atoms with E-state index in [-0.39, 0.29) is 5.92 Å². The summed E-state index contributed by atoms with van der Waals surface area (Å²) in [7, 11) is 0. The lowest BCUT2D eigenvalue weighted by Crippen LogP contribution is -2.01. The molecule has 0 saturated carbocycles. The van der Waals surface area contributed by atoms with Crippen LogP contribution in [0.15, 0.2) is 6.07 Å². The molecule has 0 spiro atoms. The summed E-state index contributed by atoms with van der Waals surface area (Å²) < 4.78 is 0. The highest BCUT2D eigenvalue weighted by Gasteiger charge is 2.26. The Hall–Kier alpha value is -0.830. The van der Waals surface area contributed by atoms with Crippen molar-refractivity contribution in [3.63, 3.8) is 0 Å². The van der Waals surface area contributed by atoms with Crippen LogP contribution in [0.4, 0.5) is 0 Å². The van der Waals surface area contributed by atoms with Crippen molar-refractivity contribution < 1.29 is 9.90 Å². The molecule has 1 aliphatic rings. The zero-order valence-electron chi connectivity index (χ0n) is 7.54. The molecular formula is C10H12O2S. The number of carboxylic acids is 1. The van der Waals surface area contributed by atoms with Crippen LogP contribution >= 0.6 is 11.3 Å². The third-order valence-corrected chi connectivity index (χ3v) is 3.77. The first kappa shape index (κ1) is 8.75. The summed E-state index contributed by atoms with van der Waals surface area (Å²) in [5.74, 6) is -0.393. The van der Waals surface area contributed by atoms with Gasteiger partial charge >= 0.3 is 5.97 Å². The van der Waals surface area contributed by atoms with Crippen LogP contribution in [0.3, 0.4) is 0 Å². The van der Waals surface area contributed by atoms with Gasteiger partial charge in [-0.25, -0.2) is 0 Å². The maximum absolute atomic E-state index is 10.6. The standard InChI is InChI=1S/C10H12O2S/c1-6-4-7-2-3-8(5-9(11)12)10(7)13-6/h4,8H,2-3,5H2,1H3,(H,11,12). The van der Waals surface area contributed by atoms with Gasteiger partial charge in [-0.1, -0.05) is 0 Å². The first-order chi connectivity index (χ1) is 6.16. The molecule has 1 N–H and O–H groups in total. The molecule has 1 aliphatic carbocycles. The van der Waals surface area contributed by atoms with Gasteiger partial charge < -0.3 is 5.11 Å². The van der Waals surface area contributed by atoms with Gasteiger partial charge in [0, 0.05) is 15.7 Å². The fraction of sp³-hybridized carbons (Fsp3) is 0.500. The Labute approximate surface area is 81.2 Å². The van der Waals surface area contributed by atoms with Gasteiger partial charge in [-0.3, -0.25) is 4.79 Å². The van der Waals surface area contributed by atoms with Crippen molar-refractivity contribution in [1.82, 2.24) is 0 Å². The minimum atomic E-state index is -0.677. The van der Waals surface area contributed by atoms with Gasteiger partial charge in [-0.05, 0) is 31.4 Å². The number of hydrogen-bond acceptors (Lipinski definition) is 2. The van der Waals surface area contributed by atoms with Crippen molar-refractivity contribution in [2.75, 3.05) is 0 Å². The highest BCUT2D eigenvalue weighted by atomic mass is 32.1. The fourth-order valence-corrected chi connectivity index (χ4v) is 3.20. The number of carbonyl (C=O) groups is 1. The molecule has 0 saturated heterocycles. The second kappa shape index (κ2) is 3.14. The van der Waals surface area contributed by atoms with Crippen LogP contribution < -0.4 is 0 Å². The highest BCUT2D eigenvalue weighted by Crippen LogP contribution is 2.40. The van der Waals surface area contributed by atoms with E-state index < -0.39 is 5.97 Å². The Kier molecular flexibility index (Phi) is 2.12. The summed E-state index contributed by atoms with van der Waals surface area (Å²) in [6.07, 6.45) is 2.39. The number of hydrogen-bond donors (Lipinski definition) is 1. The zero-order chi connectivity index (χ0) is 9.42. The number of rotatable bonds is 2. The van der Waals surface area contributed by atoms with Crippen LogP contribution in [0.25, 0.3) is 0 Å². The summed E-state index contributed by atoms with van der Waals surface area (Å²) in [5, 5.41) is 8.71. The molecule has 0 radical (unpaired) electrons. The quantitative estimate of drug-likeness (QED) is 0.789. The van der Waals surface area contributed by atoms with E-state index in [9.17, 15) is 4.79 Å². The smallest absolute Gasteiger partial charge is 0.303 e. The molecule has 2 nitrogen and oxygen atoms in total. The van der Waals surface area contributed by atoms with Crippen LogP contribution in [0.5, 0.6) is 0 Å². The van der Waals surface area contributed by atoms with Crippen molar-refractivity contribution in [3.05, 3.63) is 21.4 Å². The fourth-order valence-electron chi connectivity index (χ4n) is 1.99. The Morgan fingerprint density at radius 1 is 1.77 bits per heavy atom. The molecule has 0 amide bonds. The predicted molar refractivity (Wildman–Crippen MR) is 52.4 cm³/mol. The number of aryl methyl sites for hydroxylation is 2. The largest absolute Gasteiger partial charge is 0.481 e. The topological polar surface area (TPSA) is 37.3 Å². The second-order valence-electron chi connectivity index (χ2n) is 3.58. The highest BCUT2D eigenvalue weighted by molar-refractivity contribution is 7.12. The van der Waals surface area contributed by atoms with Crippen LogP contribution in [0.2, 0.25) is 0 Å². The minimum absolute atomic E-state index is 0.284. The monoisotopic (exact) mass is 196 g/mol. The van der Waals surface area contributed by atoms with E-state index in [1.165, 1.54) is 15.3 Å². The maximum Gasteiger partial charge on any atom is 0.303 e. The first-order valence-electron chi connectivity index (χ1n) is 4.48. The van der Waals surface area contributed by atoms with Crippen LogP contribution in [-0.4, -0.2) is 11.1 Å². The molecule has 0 aromatic carbocycles. The Morgan fingerprint density at radius 2 is 2.54 bits per heavy atom. The van der Waals surface area contributed by atoms with Crippen LogP contribution in [0.1, 0.15) is 34.1 Å². The first-order valence-corrected chi connectivity index (χ1v) is 5.29. The SMILES string of the molecule is Cc1cc2c(s1)C(CC(=O)O)CC2. The van der Waals surface area contributed by atoms with Gasteiger partial charge in [0.15, 0.2) is 0 Å². The van der Waals surface area contributed by atoms with E-state index in [1.54, 1.807) is 11.3 Å². The molecule has 3 heteroatoms. The molecule has 2 rings (SSSR count). The summed E-state index contributed by atoms with van der Waals surface area (Å²) in [4.78, 5) is 13.2. The van der Waals surface area contributed by atoms with E-state index >= 15 is 0 Å². The molecule has 0 bridgehead atoms. The average molecular weight is 196 g/mol. The van der Waals surface area contributed by atoms with E-state index in [4.69, 9.17) is 5.11 Å². The third kappa shape index (κ3) is 1.61. The molecule has 70 valence electrons. The minimum Gasteiger partial charge on any atom is -0.481 e. The third-order valence-electron chi connectivity index (χ3n) is 2.52.